The van der Waals surface area contributed by atoms with Gasteiger partial charge in [0, 0.05) is 11.8 Å². The molecule has 1 aliphatic carbocycles. The number of aliphatic hydroxyl groups excluding tert-OH is 1. The number of hydrogen-bond acceptors (Lipinski definition) is 4. The molecule has 0 saturated heterocycles. The van der Waals surface area contributed by atoms with E-state index < -0.39 is 0 Å². The van der Waals surface area contributed by atoms with Crippen molar-refractivity contribution >= 4 is 11.4 Å². The molecular weight excluding hydrogens is 264 g/mol. The van der Waals surface area contributed by atoms with Gasteiger partial charge in [-0.25, -0.2) is 0 Å². The van der Waals surface area contributed by atoms with Crippen LogP contribution in [0, 0.1) is 5.92 Å². The predicted molar refractivity (Wildman–Crippen MR) is 87.7 cm³/mol. The van der Waals surface area contributed by atoms with Crippen LogP contribution in [0.5, 0.6) is 5.75 Å². The Morgan fingerprint density at radius 1 is 1.38 bits per heavy atom. The summed E-state index contributed by atoms with van der Waals surface area (Å²) in [4.78, 5) is 0. The topological polar surface area (TPSA) is 67.5 Å². The molecule has 4 nitrogen and oxygen atoms in total. The first-order valence-corrected chi connectivity index (χ1v) is 7.89. The molecule has 1 fully saturated rings. The normalized spacial score (nSPS) is 25.9. The van der Waals surface area contributed by atoms with E-state index in [0.717, 1.165) is 37.3 Å². The third kappa shape index (κ3) is 4.03. The predicted octanol–water partition coefficient (Wildman–Crippen LogP) is 3.41. The average molecular weight is 292 g/mol. The molecule has 0 amide bonds. The second kappa shape index (κ2) is 6.56. The van der Waals surface area contributed by atoms with Crippen LogP contribution < -0.4 is 15.8 Å². The SMILES string of the molecule is CC1CCC(CO)(Nc2ccc(N)c(OC(C)C)c2)CC1. The molecule has 0 aliphatic heterocycles. The van der Waals surface area contributed by atoms with Gasteiger partial charge in [0.15, 0.2) is 0 Å². The molecule has 0 heterocycles. The van der Waals surface area contributed by atoms with E-state index in [9.17, 15) is 5.11 Å². The highest BCUT2D eigenvalue weighted by atomic mass is 16.5. The Kier molecular flexibility index (Phi) is 4.99. The maximum Gasteiger partial charge on any atom is 0.144 e. The molecule has 0 atom stereocenters. The maximum atomic E-state index is 9.84. The molecule has 1 aromatic carbocycles. The summed E-state index contributed by atoms with van der Waals surface area (Å²) in [5.74, 6) is 1.45. The molecule has 4 N–H and O–H groups in total. The van der Waals surface area contributed by atoms with Gasteiger partial charge < -0.3 is 20.9 Å². The fourth-order valence-electron chi connectivity index (χ4n) is 2.91. The second-order valence-electron chi connectivity index (χ2n) is 6.67. The van der Waals surface area contributed by atoms with Gasteiger partial charge in [0.05, 0.1) is 23.9 Å². The molecule has 1 saturated carbocycles. The van der Waals surface area contributed by atoms with Crippen molar-refractivity contribution in [2.24, 2.45) is 5.92 Å². The van der Waals surface area contributed by atoms with Crippen molar-refractivity contribution in [3.63, 3.8) is 0 Å². The van der Waals surface area contributed by atoms with Crippen molar-refractivity contribution in [3.05, 3.63) is 18.2 Å². The standard InChI is InChI=1S/C17H28N2O2/c1-12(2)21-16-10-14(4-5-15(16)18)19-17(11-20)8-6-13(3)7-9-17/h4-5,10,12-13,19-20H,6-9,11,18H2,1-3H3. The lowest BCUT2D eigenvalue weighted by molar-refractivity contribution is 0.155. The molecule has 4 heteroatoms. The molecule has 0 aromatic heterocycles. The number of anilines is 2. The molecule has 118 valence electrons. The largest absolute Gasteiger partial charge is 0.489 e. The van der Waals surface area contributed by atoms with Gasteiger partial charge in [0.25, 0.3) is 0 Å². The smallest absolute Gasteiger partial charge is 0.144 e. The Morgan fingerprint density at radius 3 is 2.62 bits per heavy atom. The average Bonchev–Trinajstić information content (AvgIpc) is 2.45. The van der Waals surface area contributed by atoms with Gasteiger partial charge in [-0.15, -0.1) is 0 Å². The summed E-state index contributed by atoms with van der Waals surface area (Å²) in [5, 5.41) is 13.4. The van der Waals surface area contributed by atoms with Gasteiger partial charge in [-0.05, 0) is 57.6 Å². The first kappa shape index (κ1) is 16.0. The van der Waals surface area contributed by atoms with E-state index >= 15 is 0 Å². The summed E-state index contributed by atoms with van der Waals surface area (Å²) in [6.45, 7) is 6.40. The lowest BCUT2D eigenvalue weighted by Crippen LogP contribution is -2.45. The van der Waals surface area contributed by atoms with Crippen LogP contribution in [-0.4, -0.2) is 23.4 Å². The zero-order valence-corrected chi connectivity index (χ0v) is 13.4. The Balaban J connectivity index is 2.14. The van der Waals surface area contributed by atoms with Gasteiger partial charge in [-0.2, -0.15) is 0 Å². The van der Waals surface area contributed by atoms with Crippen LogP contribution in [-0.2, 0) is 0 Å². The zero-order chi connectivity index (χ0) is 15.5. The fraction of sp³-hybridized carbons (Fsp3) is 0.647. The Morgan fingerprint density at radius 2 is 2.05 bits per heavy atom. The third-order valence-corrected chi connectivity index (χ3v) is 4.32. The number of hydrogen-bond donors (Lipinski definition) is 3. The molecule has 21 heavy (non-hydrogen) atoms. The minimum atomic E-state index is -0.211. The molecule has 1 aliphatic rings. The fourth-order valence-corrected chi connectivity index (χ4v) is 2.91. The van der Waals surface area contributed by atoms with Crippen LogP contribution in [0.15, 0.2) is 18.2 Å². The summed E-state index contributed by atoms with van der Waals surface area (Å²) >= 11 is 0. The summed E-state index contributed by atoms with van der Waals surface area (Å²) in [6.07, 6.45) is 4.38. The van der Waals surface area contributed by atoms with Gasteiger partial charge in [-0.1, -0.05) is 6.92 Å². The van der Waals surface area contributed by atoms with Gasteiger partial charge >= 0.3 is 0 Å². The molecule has 0 spiro atoms. The summed E-state index contributed by atoms with van der Waals surface area (Å²) in [6, 6.07) is 5.75. The highest BCUT2D eigenvalue weighted by molar-refractivity contribution is 5.62. The first-order chi connectivity index (χ1) is 9.94. The molecular formula is C17H28N2O2. The second-order valence-corrected chi connectivity index (χ2v) is 6.67. The zero-order valence-electron chi connectivity index (χ0n) is 13.4. The van der Waals surface area contributed by atoms with Crippen LogP contribution in [0.2, 0.25) is 0 Å². The van der Waals surface area contributed by atoms with Gasteiger partial charge in [0.2, 0.25) is 0 Å². The number of nitrogen functional groups attached to an aromatic ring is 1. The summed E-state index contributed by atoms with van der Waals surface area (Å²) in [7, 11) is 0. The van der Waals surface area contributed by atoms with E-state index in [-0.39, 0.29) is 18.2 Å². The van der Waals surface area contributed by atoms with Crippen LogP contribution in [0.4, 0.5) is 11.4 Å². The number of benzene rings is 1. The van der Waals surface area contributed by atoms with Crippen molar-refractivity contribution in [2.45, 2.75) is 58.1 Å². The number of ether oxygens (including phenoxy) is 1. The van der Waals surface area contributed by atoms with Crippen LogP contribution in [0.3, 0.4) is 0 Å². The van der Waals surface area contributed by atoms with E-state index in [1.54, 1.807) is 0 Å². The Bertz CT molecular complexity index is 466. The van der Waals surface area contributed by atoms with E-state index in [4.69, 9.17) is 10.5 Å². The molecule has 0 unspecified atom stereocenters. The van der Waals surface area contributed by atoms with Crippen LogP contribution in [0.25, 0.3) is 0 Å². The lowest BCUT2D eigenvalue weighted by Gasteiger charge is -2.39. The molecule has 0 radical (unpaired) electrons. The van der Waals surface area contributed by atoms with Crippen LogP contribution >= 0.6 is 0 Å². The number of rotatable bonds is 5. The van der Waals surface area contributed by atoms with E-state index in [1.165, 1.54) is 0 Å². The molecule has 0 bridgehead atoms. The minimum Gasteiger partial charge on any atom is -0.489 e. The summed E-state index contributed by atoms with van der Waals surface area (Å²) in [5.41, 5.74) is 7.35. The van der Waals surface area contributed by atoms with Gasteiger partial charge in [-0.3, -0.25) is 0 Å². The quantitative estimate of drug-likeness (QED) is 0.728. The molecule has 1 aromatic rings. The lowest BCUT2D eigenvalue weighted by atomic mass is 9.77. The maximum absolute atomic E-state index is 9.84. The monoisotopic (exact) mass is 292 g/mol. The van der Waals surface area contributed by atoms with E-state index in [0.29, 0.717) is 11.4 Å². The van der Waals surface area contributed by atoms with Crippen molar-refractivity contribution < 1.29 is 9.84 Å². The first-order valence-electron chi connectivity index (χ1n) is 7.89. The Hall–Kier alpha value is -1.42. The third-order valence-electron chi connectivity index (χ3n) is 4.32. The number of aliphatic hydroxyl groups is 1. The number of nitrogens with one attached hydrogen (secondary N) is 1. The highest BCUT2D eigenvalue weighted by Crippen LogP contribution is 2.36. The Labute approximate surface area is 127 Å². The minimum absolute atomic E-state index is 0.0879. The van der Waals surface area contributed by atoms with Crippen LogP contribution in [0.1, 0.15) is 46.5 Å². The summed E-state index contributed by atoms with van der Waals surface area (Å²) < 4.78 is 5.73. The van der Waals surface area contributed by atoms with Crippen molar-refractivity contribution in [2.75, 3.05) is 17.7 Å². The van der Waals surface area contributed by atoms with Crippen molar-refractivity contribution in [3.8, 4) is 5.75 Å². The van der Waals surface area contributed by atoms with E-state index in [2.05, 4.69) is 12.2 Å². The number of nitrogens with two attached hydrogens (primary N) is 1. The highest BCUT2D eigenvalue weighted by Gasteiger charge is 2.33. The van der Waals surface area contributed by atoms with E-state index in [1.807, 2.05) is 32.0 Å². The molecule has 2 rings (SSSR count). The van der Waals surface area contributed by atoms with Crippen molar-refractivity contribution in [1.29, 1.82) is 0 Å². The van der Waals surface area contributed by atoms with Gasteiger partial charge in [0.1, 0.15) is 5.75 Å². The van der Waals surface area contributed by atoms with Crippen molar-refractivity contribution in [1.82, 2.24) is 0 Å².